The second kappa shape index (κ2) is 6.01. The van der Waals surface area contributed by atoms with Crippen molar-refractivity contribution in [3.8, 4) is 22.3 Å². The van der Waals surface area contributed by atoms with Crippen molar-refractivity contribution in [2.75, 3.05) is 5.73 Å². The van der Waals surface area contributed by atoms with E-state index in [2.05, 4.69) is 78.9 Å². The van der Waals surface area contributed by atoms with Crippen LogP contribution < -0.4 is 5.73 Å². The van der Waals surface area contributed by atoms with E-state index in [0.29, 0.717) is 0 Å². The summed E-state index contributed by atoms with van der Waals surface area (Å²) in [5.41, 5.74) is 11.6. The molecular formula is C24H17NS. The smallest absolute Gasteiger partial charge is 0.0433 e. The molecular weight excluding hydrogens is 334 g/mol. The van der Waals surface area contributed by atoms with Crippen LogP contribution in [0.15, 0.2) is 91.0 Å². The van der Waals surface area contributed by atoms with Gasteiger partial charge in [0.05, 0.1) is 0 Å². The molecule has 124 valence electrons. The first kappa shape index (κ1) is 15.2. The first-order valence-electron chi connectivity index (χ1n) is 8.66. The van der Waals surface area contributed by atoms with Crippen LogP contribution >= 0.6 is 11.3 Å². The van der Waals surface area contributed by atoms with Crippen LogP contribution in [0.2, 0.25) is 0 Å². The zero-order valence-corrected chi connectivity index (χ0v) is 15.0. The van der Waals surface area contributed by atoms with Crippen molar-refractivity contribution in [1.29, 1.82) is 0 Å². The van der Waals surface area contributed by atoms with Gasteiger partial charge in [0.15, 0.2) is 0 Å². The van der Waals surface area contributed by atoms with Gasteiger partial charge >= 0.3 is 0 Å². The zero-order valence-electron chi connectivity index (χ0n) is 14.1. The van der Waals surface area contributed by atoms with Gasteiger partial charge in [0.2, 0.25) is 0 Å². The number of benzene rings is 4. The van der Waals surface area contributed by atoms with E-state index in [9.17, 15) is 0 Å². The molecule has 1 heterocycles. The minimum atomic E-state index is 0.792. The SMILES string of the molecule is Nc1ccc(-c2cccc(-c3cccc4c3sc3ccccc34)c2)cc1. The molecule has 2 heteroatoms. The lowest BCUT2D eigenvalue weighted by Crippen LogP contribution is -1.85. The number of hydrogen-bond acceptors (Lipinski definition) is 2. The molecule has 0 spiro atoms. The van der Waals surface area contributed by atoms with E-state index >= 15 is 0 Å². The first-order valence-corrected chi connectivity index (χ1v) is 9.48. The van der Waals surface area contributed by atoms with Crippen molar-refractivity contribution in [1.82, 2.24) is 0 Å². The summed E-state index contributed by atoms with van der Waals surface area (Å²) < 4.78 is 2.69. The summed E-state index contributed by atoms with van der Waals surface area (Å²) in [6.07, 6.45) is 0. The zero-order chi connectivity index (χ0) is 17.5. The molecule has 0 aliphatic heterocycles. The maximum atomic E-state index is 5.83. The van der Waals surface area contributed by atoms with Crippen LogP contribution in [0, 0.1) is 0 Å². The number of nitrogens with two attached hydrogens (primary N) is 1. The lowest BCUT2D eigenvalue weighted by atomic mass is 9.98. The highest BCUT2D eigenvalue weighted by Crippen LogP contribution is 2.40. The van der Waals surface area contributed by atoms with Crippen LogP contribution in [0.1, 0.15) is 0 Å². The van der Waals surface area contributed by atoms with E-state index in [0.717, 1.165) is 5.69 Å². The van der Waals surface area contributed by atoms with E-state index in [1.807, 2.05) is 23.5 Å². The highest BCUT2D eigenvalue weighted by molar-refractivity contribution is 7.26. The molecule has 0 bridgehead atoms. The molecule has 1 nitrogen and oxygen atoms in total. The Bertz CT molecular complexity index is 1230. The fourth-order valence-corrected chi connectivity index (χ4v) is 4.75. The van der Waals surface area contributed by atoms with E-state index in [4.69, 9.17) is 5.73 Å². The molecule has 0 aliphatic rings. The summed E-state index contributed by atoms with van der Waals surface area (Å²) in [6.45, 7) is 0. The Morgan fingerprint density at radius 2 is 1.31 bits per heavy atom. The quantitative estimate of drug-likeness (QED) is 0.341. The van der Waals surface area contributed by atoms with Crippen molar-refractivity contribution in [3.05, 3.63) is 91.0 Å². The molecule has 0 saturated carbocycles. The minimum Gasteiger partial charge on any atom is -0.399 e. The standard InChI is InChI=1S/C24H17NS/c25-19-13-11-16(12-14-19)17-5-3-6-18(15-17)20-8-4-9-22-21-7-1-2-10-23(21)26-24(20)22/h1-15H,25H2. The highest BCUT2D eigenvalue weighted by atomic mass is 32.1. The third-order valence-corrected chi connectivity index (χ3v) is 6.04. The third kappa shape index (κ3) is 2.47. The Hall–Kier alpha value is -3.10. The van der Waals surface area contributed by atoms with E-state index in [1.165, 1.54) is 42.4 Å². The summed E-state index contributed by atoms with van der Waals surface area (Å²) in [7, 11) is 0. The number of nitrogen functional groups attached to an aromatic ring is 1. The molecule has 2 N–H and O–H groups in total. The Morgan fingerprint density at radius 3 is 2.19 bits per heavy atom. The van der Waals surface area contributed by atoms with Crippen molar-refractivity contribution < 1.29 is 0 Å². The average Bonchev–Trinajstić information content (AvgIpc) is 3.07. The number of anilines is 1. The van der Waals surface area contributed by atoms with Crippen LogP contribution in [-0.4, -0.2) is 0 Å². The number of fused-ring (bicyclic) bond motifs is 3. The van der Waals surface area contributed by atoms with E-state index < -0.39 is 0 Å². The van der Waals surface area contributed by atoms with Crippen molar-refractivity contribution in [3.63, 3.8) is 0 Å². The Kier molecular flexibility index (Phi) is 3.51. The normalized spacial score (nSPS) is 11.2. The number of hydrogen-bond donors (Lipinski definition) is 1. The van der Waals surface area contributed by atoms with E-state index in [1.54, 1.807) is 0 Å². The predicted molar refractivity (Wildman–Crippen MR) is 115 cm³/mol. The Labute approximate surface area is 156 Å². The summed E-state index contributed by atoms with van der Waals surface area (Å²) >= 11 is 1.87. The summed E-state index contributed by atoms with van der Waals surface area (Å²) in [5, 5.41) is 2.67. The molecule has 0 radical (unpaired) electrons. The fourth-order valence-electron chi connectivity index (χ4n) is 3.52. The second-order valence-electron chi connectivity index (χ2n) is 6.48. The molecule has 0 aliphatic carbocycles. The summed E-state index contributed by atoms with van der Waals surface area (Å²) in [4.78, 5) is 0. The van der Waals surface area contributed by atoms with Crippen molar-refractivity contribution in [2.45, 2.75) is 0 Å². The van der Waals surface area contributed by atoms with Gasteiger partial charge in [-0.05, 0) is 46.5 Å². The number of rotatable bonds is 2. The summed E-state index contributed by atoms with van der Waals surface area (Å²) in [5.74, 6) is 0. The Balaban J connectivity index is 1.71. The molecule has 1 aromatic heterocycles. The molecule has 26 heavy (non-hydrogen) atoms. The van der Waals surface area contributed by atoms with Crippen molar-refractivity contribution in [2.24, 2.45) is 0 Å². The van der Waals surface area contributed by atoms with Crippen molar-refractivity contribution >= 4 is 37.2 Å². The second-order valence-corrected chi connectivity index (χ2v) is 7.54. The van der Waals surface area contributed by atoms with Gasteiger partial charge in [-0.15, -0.1) is 11.3 Å². The molecule has 0 saturated heterocycles. The molecule has 0 amide bonds. The number of thiophene rings is 1. The van der Waals surface area contributed by atoms with E-state index in [-0.39, 0.29) is 0 Å². The maximum absolute atomic E-state index is 5.83. The molecule has 5 rings (SSSR count). The lowest BCUT2D eigenvalue weighted by molar-refractivity contribution is 1.60. The van der Waals surface area contributed by atoms with Crippen LogP contribution in [0.25, 0.3) is 42.4 Å². The van der Waals surface area contributed by atoms with Crippen LogP contribution in [0.5, 0.6) is 0 Å². The molecule has 0 unspecified atom stereocenters. The highest BCUT2D eigenvalue weighted by Gasteiger charge is 2.10. The summed E-state index contributed by atoms with van der Waals surface area (Å²) in [6, 6.07) is 32.1. The molecule has 0 fully saturated rings. The predicted octanol–water partition coefficient (Wildman–Crippen LogP) is 6.97. The van der Waals surface area contributed by atoms with Crippen LogP contribution in [0.4, 0.5) is 5.69 Å². The molecule has 4 aromatic carbocycles. The van der Waals surface area contributed by atoms with Gasteiger partial charge in [0, 0.05) is 25.9 Å². The molecule has 0 atom stereocenters. The van der Waals surface area contributed by atoms with Gasteiger partial charge in [-0.3, -0.25) is 0 Å². The van der Waals surface area contributed by atoms with Gasteiger partial charge < -0.3 is 5.73 Å². The minimum absolute atomic E-state index is 0.792. The van der Waals surface area contributed by atoms with Gasteiger partial charge in [-0.1, -0.05) is 66.7 Å². The van der Waals surface area contributed by atoms with Crippen LogP contribution in [-0.2, 0) is 0 Å². The lowest BCUT2D eigenvalue weighted by Gasteiger charge is -2.08. The topological polar surface area (TPSA) is 26.0 Å². The first-order chi connectivity index (χ1) is 12.8. The monoisotopic (exact) mass is 351 g/mol. The largest absolute Gasteiger partial charge is 0.399 e. The van der Waals surface area contributed by atoms with Crippen LogP contribution in [0.3, 0.4) is 0 Å². The van der Waals surface area contributed by atoms with Gasteiger partial charge in [0.1, 0.15) is 0 Å². The average molecular weight is 351 g/mol. The van der Waals surface area contributed by atoms with Gasteiger partial charge in [-0.25, -0.2) is 0 Å². The maximum Gasteiger partial charge on any atom is 0.0433 e. The Morgan fingerprint density at radius 1 is 0.577 bits per heavy atom. The van der Waals surface area contributed by atoms with Gasteiger partial charge in [0.25, 0.3) is 0 Å². The fraction of sp³-hybridized carbons (Fsp3) is 0. The third-order valence-electron chi connectivity index (χ3n) is 4.82. The van der Waals surface area contributed by atoms with Gasteiger partial charge in [-0.2, -0.15) is 0 Å². The molecule has 5 aromatic rings.